The summed E-state index contributed by atoms with van der Waals surface area (Å²) in [6.07, 6.45) is 4.45. The smallest absolute Gasteiger partial charge is 0.332 e. The third-order valence-electron chi connectivity index (χ3n) is 4.74. The fourth-order valence-electron chi connectivity index (χ4n) is 3.25. The van der Waals surface area contributed by atoms with Crippen molar-refractivity contribution in [1.29, 1.82) is 0 Å². The van der Waals surface area contributed by atoms with Gasteiger partial charge in [-0.15, -0.1) is 0 Å². The topological polar surface area (TPSA) is 64.3 Å². The number of carbonyl (C=O) groups is 1. The summed E-state index contributed by atoms with van der Waals surface area (Å²) in [5.74, 6) is 0.315. The summed E-state index contributed by atoms with van der Waals surface area (Å²) in [6.45, 7) is 0.867. The van der Waals surface area contributed by atoms with Gasteiger partial charge < -0.3 is 4.90 Å². The maximum absolute atomic E-state index is 12.5. The molecule has 6 heteroatoms. The quantitative estimate of drug-likeness (QED) is 0.583. The fourth-order valence-corrected chi connectivity index (χ4v) is 3.25. The largest absolute Gasteiger partial charge is 0.349 e. The summed E-state index contributed by atoms with van der Waals surface area (Å²) in [7, 11) is 2.95. The Morgan fingerprint density at radius 2 is 1.52 bits per heavy atom. The summed E-state index contributed by atoms with van der Waals surface area (Å²) >= 11 is 0. The van der Waals surface area contributed by atoms with Crippen LogP contribution in [-0.4, -0.2) is 22.0 Å². The summed E-state index contributed by atoms with van der Waals surface area (Å²) in [5, 5.41) is 0. The Hall–Kier alpha value is -3.67. The molecule has 1 heterocycles. The Morgan fingerprint density at radius 1 is 0.897 bits per heavy atom. The molecule has 0 spiro atoms. The standard InChI is InChI=1S/C23H23N3O3/c1-24-21(20(17-27)22(28)25(2)23(24)29)26(16-19-12-7-4-8-13-19)15-9-14-18-10-5-3-6-11-18/h3-14,17H,15-16H2,1-2H3/b14-9+. The van der Waals surface area contributed by atoms with Crippen molar-refractivity contribution in [3.05, 3.63) is 104 Å². The Labute approximate surface area is 169 Å². The molecule has 3 aromatic rings. The van der Waals surface area contributed by atoms with Gasteiger partial charge in [0.15, 0.2) is 6.29 Å². The Morgan fingerprint density at radius 3 is 2.14 bits per heavy atom. The molecule has 0 bridgehead atoms. The molecule has 0 radical (unpaired) electrons. The second-order valence-corrected chi connectivity index (χ2v) is 6.74. The maximum atomic E-state index is 12.5. The highest BCUT2D eigenvalue weighted by atomic mass is 16.2. The molecule has 0 N–H and O–H groups in total. The number of benzene rings is 2. The van der Waals surface area contributed by atoms with Crippen LogP contribution in [0.4, 0.5) is 5.82 Å². The summed E-state index contributed by atoms with van der Waals surface area (Å²) < 4.78 is 2.30. The van der Waals surface area contributed by atoms with Gasteiger partial charge in [0.25, 0.3) is 5.56 Å². The summed E-state index contributed by atoms with van der Waals surface area (Å²) in [5.41, 5.74) is 0.953. The SMILES string of the molecule is Cn1c(N(C/C=C/c2ccccc2)Cc2ccccc2)c(C=O)c(=O)n(C)c1=O. The lowest BCUT2D eigenvalue weighted by Gasteiger charge is -2.27. The van der Waals surface area contributed by atoms with E-state index in [0.717, 1.165) is 15.7 Å². The fraction of sp³-hybridized carbons (Fsp3) is 0.174. The number of aldehydes is 1. The van der Waals surface area contributed by atoms with E-state index in [-0.39, 0.29) is 5.56 Å². The number of aromatic nitrogens is 2. The van der Waals surface area contributed by atoms with E-state index in [2.05, 4.69) is 0 Å². The van der Waals surface area contributed by atoms with E-state index in [0.29, 0.717) is 25.2 Å². The van der Waals surface area contributed by atoms with Gasteiger partial charge in [-0.25, -0.2) is 4.79 Å². The number of hydrogen-bond donors (Lipinski definition) is 0. The first-order valence-corrected chi connectivity index (χ1v) is 9.28. The predicted octanol–water partition coefficient (Wildman–Crippen LogP) is 2.62. The summed E-state index contributed by atoms with van der Waals surface area (Å²) in [6, 6.07) is 19.5. The third kappa shape index (κ3) is 4.43. The lowest BCUT2D eigenvalue weighted by atomic mass is 10.2. The molecule has 6 nitrogen and oxygen atoms in total. The van der Waals surface area contributed by atoms with E-state index in [1.54, 1.807) is 7.05 Å². The van der Waals surface area contributed by atoms with E-state index in [4.69, 9.17) is 0 Å². The average molecular weight is 389 g/mol. The lowest BCUT2D eigenvalue weighted by molar-refractivity contribution is 0.112. The number of anilines is 1. The first-order chi connectivity index (χ1) is 14.0. The molecule has 1 aromatic heterocycles. The Bertz CT molecular complexity index is 1130. The molecule has 0 amide bonds. The molecule has 3 rings (SSSR count). The molecule has 0 saturated heterocycles. The molecule has 0 unspecified atom stereocenters. The van der Waals surface area contributed by atoms with Gasteiger partial charge in [0.05, 0.1) is 0 Å². The zero-order chi connectivity index (χ0) is 20.8. The number of rotatable bonds is 7. The second kappa shape index (κ2) is 9.01. The molecule has 0 aliphatic heterocycles. The minimum Gasteiger partial charge on any atom is -0.349 e. The van der Waals surface area contributed by atoms with Gasteiger partial charge in [-0.05, 0) is 11.1 Å². The van der Waals surface area contributed by atoms with Crippen LogP contribution in [0.5, 0.6) is 0 Å². The van der Waals surface area contributed by atoms with Crippen molar-refractivity contribution in [2.24, 2.45) is 14.1 Å². The molecular weight excluding hydrogens is 366 g/mol. The van der Waals surface area contributed by atoms with Crippen molar-refractivity contribution >= 4 is 18.2 Å². The predicted molar refractivity (Wildman–Crippen MR) is 115 cm³/mol. The zero-order valence-corrected chi connectivity index (χ0v) is 16.5. The van der Waals surface area contributed by atoms with Crippen LogP contribution < -0.4 is 16.1 Å². The highest BCUT2D eigenvalue weighted by Crippen LogP contribution is 2.18. The monoisotopic (exact) mass is 389 g/mol. The molecule has 148 valence electrons. The third-order valence-corrected chi connectivity index (χ3v) is 4.74. The van der Waals surface area contributed by atoms with Gasteiger partial charge in [-0.2, -0.15) is 0 Å². The van der Waals surface area contributed by atoms with Crippen molar-refractivity contribution < 1.29 is 4.79 Å². The molecular formula is C23H23N3O3. The molecule has 0 fully saturated rings. The van der Waals surface area contributed by atoms with Gasteiger partial charge in [0, 0.05) is 27.2 Å². The molecule has 0 aliphatic carbocycles. The van der Waals surface area contributed by atoms with Gasteiger partial charge in [-0.3, -0.25) is 18.7 Å². The van der Waals surface area contributed by atoms with Crippen molar-refractivity contribution in [1.82, 2.24) is 9.13 Å². The van der Waals surface area contributed by atoms with E-state index in [1.807, 2.05) is 77.7 Å². The van der Waals surface area contributed by atoms with Crippen LogP contribution in [0, 0.1) is 0 Å². The minimum atomic E-state index is -0.594. The van der Waals surface area contributed by atoms with Gasteiger partial charge in [0.2, 0.25) is 0 Å². The molecule has 29 heavy (non-hydrogen) atoms. The Kier molecular flexibility index (Phi) is 6.24. The van der Waals surface area contributed by atoms with Crippen LogP contribution in [0.3, 0.4) is 0 Å². The normalized spacial score (nSPS) is 11.0. The maximum Gasteiger partial charge on any atom is 0.332 e. The van der Waals surface area contributed by atoms with Crippen LogP contribution in [0.1, 0.15) is 21.5 Å². The Balaban J connectivity index is 2.06. The van der Waals surface area contributed by atoms with Crippen molar-refractivity contribution in [2.75, 3.05) is 11.4 Å². The van der Waals surface area contributed by atoms with Gasteiger partial charge in [-0.1, -0.05) is 72.8 Å². The van der Waals surface area contributed by atoms with E-state index in [1.165, 1.54) is 11.6 Å². The van der Waals surface area contributed by atoms with Crippen molar-refractivity contribution in [2.45, 2.75) is 6.54 Å². The van der Waals surface area contributed by atoms with E-state index in [9.17, 15) is 14.4 Å². The first kappa shape index (κ1) is 20.1. The van der Waals surface area contributed by atoms with Gasteiger partial charge in [0.1, 0.15) is 11.4 Å². The number of hydrogen-bond acceptors (Lipinski definition) is 4. The van der Waals surface area contributed by atoms with Crippen LogP contribution in [-0.2, 0) is 20.6 Å². The van der Waals surface area contributed by atoms with Gasteiger partial charge >= 0.3 is 5.69 Å². The number of carbonyl (C=O) groups excluding carboxylic acids is 1. The minimum absolute atomic E-state index is 0.0290. The van der Waals surface area contributed by atoms with E-state index >= 15 is 0 Å². The summed E-state index contributed by atoms with van der Waals surface area (Å²) in [4.78, 5) is 38.6. The van der Waals surface area contributed by atoms with Crippen molar-refractivity contribution in [3.8, 4) is 0 Å². The zero-order valence-electron chi connectivity index (χ0n) is 16.5. The second-order valence-electron chi connectivity index (χ2n) is 6.74. The van der Waals surface area contributed by atoms with Crippen LogP contribution in [0.2, 0.25) is 0 Å². The van der Waals surface area contributed by atoms with Crippen LogP contribution >= 0.6 is 0 Å². The lowest BCUT2D eigenvalue weighted by Crippen LogP contribution is -2.43. The van der Waals surface area contributed by atoms with Crippen molar-refractivity contribution in [3.63, 3.8) is 0 Å². The average Bonchev–Trinajstić information content (AvgIpc) is 2.75. The molecule has 2 aromatic carbocycles. The van der Waals surface area contributed by atoms with Crippen LogP contribution in [0.15, 0.2) is 76.3 Å². The molecule has 0 saturated carbocycles. The molecule has 0 atom stereocenters. The first-order valence-electron chi connectivity index (χ1n) is 9.28. The van der Waals surface area contributed by atoms with Crippen LogP contribution in [0.25, 0.3) is 6.08 Å². The number of nitrogens with zero attached hydrogens (tertiary/aromatic N) is 3. The highest BCUT2D eigenvalue weighted by molar-refractivity contribution is 5.82. The molecule has 0 aliphatic rings. The highest BCUT2D eigenvalue weighted by Gasteiger charge is 2.20. The van der Waals surface area contributed by atoms with E-state index < -0.39 is 11.2 Å².